The van der Waals surface area contributed by atoms with Gasteiger partial charge in [0.05, 0.1) is 40.1 Å². The lowest BCUT2D eigenvalue weighted by Crippen LogP contribution is -2.30. The van der Waals surface area contributed by atoms with Crippen LogP contribution in [0.5, 0.6) is 0 Å². The van der Waals surface area contributed by atoms with Gasteiger partial charge >= 0.3 is 0 Å². The fraction of sp³-hybridized carbons (Fsp3) is 0. The molecule has 0 radical (unpaired) electrons. The van der Waals surface area contributed by atoms with Crippen LogP contribution in [0.4, 0.5) is 11.4 Å². The van der Waals surface area contributed by atoms with Crippen molar-refractivity contribution in [3.05, 3.63) is 186 Å². The molecule has 1 aliphatic heterocycles. The molecule has 0 N–H and O–H groups in total. The summed E-state index contributed by atoms with van der Waals surface area (Å²) in [5.74, 6) is -0.706. The third kappa shape index (κ3) is 4.55. The standard InChI is InChI=1S/C45H27N3O2/c1-46-34-17-10-16-31(26-34)33-23-25-41-38(28-33)35-18-8-9-20-39(35)47(41)42-21-11-19-36-43(42)45(50)48(44(36)49)40-24-22-32(29-12-4-2-5-13-29)27-37(40)30-14-6-3-7-15-30/h2-28H. The van der Waals surface area contributed by atoms with Gasteiger partial charge < -0.3 is 4.57 Å². The average molecular weight is 642 g/mol. The van der Waals surface area contributed by atoms with Gasteiger partial charge in [-0.15, -0.1) is 0 Å². The van der Waals surface area contributed by atoms with E-state index in [1.54, 1.807) is 12.1 Å². The van der Waals surface area contributed by atoms with Crippen molar-refractivity contribution in [2.75, 3.05) is 4.90 Å². The normalized spacial score (nSPS) is 12.4. The quantitative estimate of drug-likeness (QED) is 0.139. The van der Waals surface area contributed by atoms with E-state index in [-0.39, 0.29) is 11.8 Å². The number of amides is 2. The SMILES string of the molecule is [C-]#[N+]c1cccc(-c2ccc3c(c2)c2ccccc2n3-c2cccc3c2C(=O)N(c2ccc(-c4ccccc4)cc2-c2ccccc2)C3=O)c1. The maximum absolute atomic E-state index is 14.7. The molecule has 5 nitrogen and oxygen atoms in total. The molecule has 2 amide bonds. The fourth-order valence-electron chi connectivity index (χ4n) is 7.23. The molecule has 8 aromatic rings. The molecule has 0 bridgehead atoms. The molecule has 7 aromatic carbocycles. The Morgan fingerprint density at radius 3 is 1.88 bits per heavy atom. The van der Waals surface area contributed by atoms with Gasteiger partial charge in [-0.1, -0.05) is 115 Å². The number of carbonyl (C=O) groups excluding carboxylic acids is 2. The maximum Gasteiger partial charge on any atom is 0.268 e. The minimum absolute atomic E-state index is 0.348. The van der Waals surface area contributed by atoms with Gasteiger partial charge in [0.1, 0.15) is 0 Å². The first-order valence-corrected chi connectivity index (χ1v) is 16.4. The van der Waals surface area contributed by atoms with Gasteiger partial charge in [0, 0.05) is 16.3 Å². The molecule has 0 unspecified atom stereocenters. The molecule has 1 aliphatic rings. The minimum atomic E-state index is -0.358. The van der Waals surface area contributed by atoms with Gasteiger partial charge in [-0.25, -0.2) is 9.74 Å². The topological polar surface area (TPSA) is 46.7 Å². The van der Waals surface area contributed by atoms with E-state index in [1.165, 1.54) is 4.90 Å². The van der Waals surface area contributed by atoms with Crippen LogP contribution in [-0.4, -0.2) is 16.4 Å². The van der Waals surface area contributed by atoms with Crippen molar-refractivity contribution in [2.45, 2.75) is 0 Å². The van der Waals surface area contributed by atoms with E-state index in [4.69, 9.17) is 6.57 Å². The second kappa shape index (κ2) is 11.6. The summed E-state index contributed by atoms with van der Waals surface area (Å²) in [6.07, 6.45) is 0. The van der Waals surface area contributed by atoms with Crippen molar-refractivity contribution in [2.24, 2.45) is 0 Å². The first-order chi connectivity index (χ1) is 24.6. The first kappa shape index (κ1) is 29.1. The Hall–Kier alpha value is -7.03. The van der Waals surface area contributed by atoms with Crippen molar-refractivity contribution in [3.63, 3.8) is 0 Å². The Balaban J connectivity index is 1.21. The number of imide groups is 1. The monoisotopic (exact) mass is 641 g/mol. The van der Waals surface area contributed by atoms with Crippen molar-refractivity contribution in [1.82, 2.24) is 4.57 Å². The van der Waals surface area contributed by atoms with Crippen molar-refractivity contribution in [3.8, 4) is 39.1 Å². The predicted molar refractivity (Wildman–Crippen MR) is 201 cm³/mol. The lowest BCUT2D eigenvalue weighted by molar-refractivity contribution is 0.0926. The Kier molecular flexibility index (Phi) is 6.75. The van der Waals surface area contributed by atoms with Crippen molar-refractivity contribution < 1.29 is 9.59 Å². The molecular formula is C45H27N3O2. The van der Waals surface area contributed by atoms with Crippen LogP contribution in [0.1, 0.15) is 20.7 Å². The van der Waals surface area contributed by atoms with Crippen LogP contribution in [0.25, 0.3) is 65.7 Å². The summed E-state index contributed by atoms with van der Waals surface area (Å²) in [5, 5.41) is 2.04. The molecule has 0 fully saturated rings. The smallest absolute Gasteiger partial charge is 0.268 e. The zero-order valence-corrected chi connectivity index (χ0v) is 26.7. The lowest BCUT2D eigenvalue weighted by Gasteiger charge is -2.20. The minimum Gasteiger partial charge on any atom is -0.308 e. The molecular weight excluding hydrogens is 615 g/mol. The van der Waals surface area contributed by atoms with E-state index in [0.29, 0.717) is 28.2 Å². The van der Waals surface area contributed by atoms with E-state index in [9.17, 15) is 9.59 Å². The number of hydrogen-bond donors (Lipinski definition) is 0. The second-order valence-electron chi connectivity index (χ2n) is 12.4. The van der Waals surface area contributed by atoms with E-state index in [0.717, 1.165) is 55.2 Å². The molecule has 50 heavy (non-hydrogen) atoms. The summed E-state index contributed by atoms with van der Waals surface area (Å²) in [5.41, 5.74) is 10.1. The summed E-state index contributed by atoms with van der Waals surface area (Å²) in [6.45, 7) is 7.47. The summed E-state index contributed by atoms with van der Waals surface area (Å²) in [7, 11) is 0. The van der Waals surface area contributed by atoms with Gasteiger partial charge in [-0.2, -0.15) is 0 Å². The predicted octanol–water partition coefficient (Wildman–Crippen LogP) is 11.1. The van der Waals surface area contributed by atoms with Crippen LogP contribution >= 0.6 is 0 Å². The van der Waals surface area contributed by atoms with E-state index in [1.807, 2.05) is 115 Å². The highest BCUT2D eigenvalue weighted by Crippen LogP contribution is 2.42. The fourth-order valence-corrected chi connectivity index (χ4v) is 7.23. The van der Waals surface area contributed by atoms with Crippen LogP contribution in [0.3, 0.4) is 0 Å². The number of anilines is 1. The Morgan fingerprint density at radius 1 is 0.440 bits per heavy atom. The number of rotatable bonds is 5. The molecule has 0 spiro atoms. The molecule has 1 aromatic heterocycles. The zero-order chi connectivity index (χ0) is 33.8. The largest absolute Gasteiger partial charge is 0.308 e. The molecule has 0 saturated heterocycles. The molecule has 0 atom stereocenters. The van der Waals surface area contributed by atoms with Crippen LogP contribution < -0.4 is 4.90 Å². The van der Waals surface area contributed by atoms with Crippen molar-refractivity contribution in [1.29, 1.82) is 0 Å². The Morgan fingerprint density at radius 2 is 1.08 bits per heavy atom. The maximum atomic E-state index is 14.7. The second-order valence-corrected chi connectivity index (χ2v) is 12.4. The van der Waals surface area contributed by atoms with Crippen LogP contribution in [0, 0.1) is 6.57 Å². The third-order valence-electron chi connectivity index (χ3n) is 9.54. The van der Waals surface area contributed by atoms with Gasteiger partial charge in [0.2, 0.25) is 0 Å². The highest BCUT2D eigenvalue weighted by molar-refractivity contribution is 6.36. The molecule has 0 aliphatic carbocycles. The van der Waals surface area contributed by atoms with Crippen LogP contribution in [-0.2, 0) is 0 Å². The molecule has 9 rings (SSSR count). The number of fused-ring (bicyclic) bond motifs is 4. The molecule has 5 heteroatoms. The highest BCUT2D eigenvalue weighted by atomic mass is 16.2. The summed E-state index contributed by atoms with van der Waals surface area (Å²) in [4.78, 5) is 34.0. The highest BCUT2D eigenvalue weighted by Gasteiger charge is 2.40. The molecule has 234 valence electrons. The number of benzene rings is 7. The van der Waals surface area contributed by atoms with Crippen LogP contribution in [0.15, 0.2) is 164 Å². The summed E-state index contributed by atoms with van der Waals surface area (Å²) in [6, 6.07) is 53.4. The Labute approximate surface area is 288 Å². The van der Waals surface area contributed by atoms with Gasteiger partial charge in [-0.05, 0) is 76.3 Å². The zero-order valence-electron chi connectivity index (χ0n) is 26.7. The number of aromatic nitrogens is 1. The summed E-state index contributed by atoms with van der Waals surface area (Å²) < 4.78 is 2.09. The van der Waals surface area contributed by atoms with E-state index in [2.05, 4.69) is 45.8 Å². The van der Waals surface area contributed by atoms with E-state index < -0.39 is 0 Å². The lowest BCUT2D eigenvalue weighted by atomic mass is 9.97. The number of carbonyl (C=O) groups is 2. The molecule has 0 saturated carbocycles. The van der Waals surface area contributed by atoms with E-state index >= 15 is 0 Å². The number of para-hydroxylation sites is 1. The average Bonchev–Trinajstić information content (AvgIpc) is 3.65. The van der Waals surface area contributed by atoms with Gasteiger partial charge in [0.25, 0.3) is 11.8 Å². The first-order valence-electron chi connectivity index (χ1n) is 16.4. The van der Waals surface area contributed by atoms with Gasteiger partial charge in [-0.3, -0.25) is 9.59 Å². The van der Waals surface area contributed by atoms with Gasteiger partial charge in [0.15, 0.2) is 5.69 Å². The van der Waals surface area contributed by atoms with Crippen LogP contribution in [0.2, 0.25) is 0 Å². The number of nitrogens with zero attached hydrogens (tertiary/aromatic N) is 3. The number of hydrogen-bond acceptors (Lipinski definition) is 2. The van der Waals surface area contributed by atoms with Crippen molar-refractivity contribution >= 4 is 45.0 Å². The summed E-state index contributed by atoms with van der Waals surface area (Å²) >= 11 is 0. The third-order valence-corrected chi connectivity index (χ3v) is 9.54. The Bertz CT molecular complexity index is 2700. The molecule has 2 heterocycles.